The van der Waals surface area contributed by atoms with Crippen LogP contribution in [-0.4, -0.2) is 33.7 Å². The van der Waals surface area contributed by atoms with Crippen molar-refractivity contribution in [3.63, 3.8) is 0 Å². The van der Waals surface area contributed by atoms with Gasteiger partial charge in [0, 0.05) is 17.8 Å². The fourth-order valence-corrected chi connectivity index (χ4v) is 2.43. The zero-order chi connectivity index (χ0) is 18.1. The van der Waals surface area contributed by atoms with Gasteiger partial charge in [0.1, 0.15) is 11.9 Å². The number of hydrogen-bond donors (Lipinski definition) is 3. The summed E-state index contributed by atoms with van der Waals surface area (Å²) in [6.45, 7) is 3.72. The molecule has 0 radical (unpaired) electrons. The predicted octanol–water partition coefficient (Wildman–Crippen LogP) is 0.849. The van der Waals surface area contributed by atoms with Crippen LogP contribution in [0.5, 0.6) is 0 Å². The number of rotatable bonds is 3. The number of allylic oxidation sites excluding steroid dienone is 1. The van der Waals surface area contributed by atoms with Crippen molar-refractivity contribution in [1.29, 1.82) is 0 Å². The number of nitro benzene ring substituents is 1. The molecule has 3 rings (SSSR count). The monoisotopic (exact) mass is 344 g/mol. The number of carbonyl (C=O) groups is 2. The normalized spacial score (nSPS) is 18.7. The number of nitrogens with one attached hydrogen (secondary N) is 3. The van der Waals surface area contributed by atoms with Crippen molar-refractivity contribution in [3.8, 4) is 0 Å². The van der Waals surface area contributed by atoms with Crippen LogP contribution >= 0.6 is 0 Å². The Morgan fingerprint density at radius 1 is 1.36 bits per heavy atom. The number of hydrazine groups is 1. The van der Waals surface area contributed by atoms with Gasteiger partial charge in [0.15, 0.2) is 0 Å². The van der Waals surface area contributed by atoms with E-state index in [1.54, 1.807) is 0 Å². The van der Waals surface area contributed by atoms with Gasteiger partial charge in [-0.15, -0.1) is 0 Å². The zero-order valence-corrected chi connectivity index (χ0v) is 13.6. The second-order valence-corrected chi connectivity index (χ2v) is 5.83. The number of hydrogen-bond acceptors (Lipinski definition) is 7. The predicted molar refractivity (Wildman–Crippen MR) is 89.1 cm³/mol. The van der Waals surface area contributed by atoms with E-state index in [0.717, 1.165) is 5.57 Å². The summed E-state index contributed by atoms with van der Waals surface area (Å²) in [5, 5.41) is 17.5. The molecular formula is C15H16N6O4. The van der Waals surface area contributed by atoms with Crippen LogP contribution in [0.2, 0.25) is 0 Å². The smallest absolute Gasteiger partial charge is 0.269 e. The molecule has 10 heteroatoms. The Labute approximate surface area is 142 Å². The highest BCUT2D eigenvalue weighted by Gasteiger charge is 2.39. The topological polar surface area (TPSA) is 129 Å². The third-order valence-corrected chi connectivity index (χ3v) is 3.74. The van der Waals surface area contributed by atoms with Crippen LogP contribution in [0.4, 0.5) is 11.4 Å². The number of non-ortho nitro benzene ring substituents is 1. The van der Waals surface area contributed by atoms with E-state index in [1.807, 2.05) is 13.8 Å². The third kappa shape index (κ3) is 3.27. The molecule has 1 aromatic carbocycles. The molecule has 0 unspecified atom stereocenters. The highest BCUT2D eigenvalue weighted by molar-refractivity contribution is 6.07. The first kappa shape index (κ1) is 16.4. The van der Waals surface area contributed by atoms with Gasteiger partial charge in [-0.1, -0.05) is 0 Å². The number of anilines is 1. The van der Waals surface area contributed by atoms with Crippen molar-refractivity contribution in [2.75, 3.05) is 5.32 Å². The van der Waals surface area contributed by atoms with Gasteiger partial charge >= 0.3 is 0 Å². The lowest BCUT2D eigenvalue weighted by molar-refractivity contribution is -0.384. The summed E-state index contributed by atoms with van der Waals surface area (Å²) in [4.78, 5) is 38.8. The number of fused-ring (bicyclic) bond motifs is 1. The van der Waals surface area contributed by atoms with Crippen molar-refractivity contribution < 1.29 is 14.5 Å². The van der Waals surface area contributed by atoms with Gasteiger partial charge < -0.3 is 5.32 Å². The Morgan fingerprint density at radius 3 is 2.64 bits per heavy atom. The van der Waals surface area contributed by atoms with Gasteiger partial charge in [-0.2, -0.15) is 4.99 Å². The second-order valence-electron chi connectivity index (χ2n) is 5.83. The lowest BCUT2D eigenvalue weighted by Crippen LogP contribution is -2.61. The quantitative estimate of drug-likeness (QED) is 0.551. The van der Waals surface area contributed by atoms with Crippen LogP contribution in [0.25, 0.3) is 0 Å². The van der Waals surface area contributed by atoms with Crippen molar-refractivity contribution in [3.05, 3.63) is 45.8 Å². The molecule has 1 aromatic rings. The van der Waals surface area contributed by atoms with E-state index in [-0.39, 0.29) is 24.0 Å². The molecule has 0 bridgehead atoms. The summed E-state index contributed by atoms with van der Waals surface area (Å²) in [6, 6.07) is 4.68. The molecule has 10 nitrogen and oxygen atoms in total. The minimum atomic E-state index is -0.792. The Balaban J connectivity index is 1.77. The van der Waals surface area contributed by atoms with Gasteiger partial charge in [0.25, 0.3) is 5.69 Å². The molecule has 1 fully saturated rings. The first-order valence-corrected chi connectivity index (χ1v) is 7.52. The third-order valence-electron chi connectivity index (χ3n) is 3.74. The van der Waals surface area contributed by atoms with Gasteiger partial charge in [-0.05, 0) is 31.6 Å². The molecule has 25 heavy (non-hydrogen) atoms. The van der Waals surface area contributed by atoms with Gasteiger partial charge in [0.2, 0.25) is 17.8 Å². The fraction of sp³-hybridized carbons (Fsp3) is 0.267. The number of nitrogens with zero attached hydrogens (tertiary/aromatic N) is 3. The molecule has 1 saturated heterocycles. The van der Waals surface area contributed by atoms with Crippen LogP contribution in [-0.2, 0) is 9.59 Å². The summed E-state index contributed by atoms with van der Waals surface area (Å²) in [6.07, 6.45) is -0.0408. The Kier molecular flexibility index (Phi) is 4.09. The summed E-state index contributed by atoms with van der Waals surface area (Å²) < 4.78 is 0. The fourth-order valence-electron chi connectivity index (χ4n) is 2.43. The maximum Gasteiger partial charge on any atom is 0.269 e. The first-order valence-electron chi connectivity index (χ1n) is 7.52. The largest absolute Gasteiger partial charge is 0.324 e. The van der Waals surface area contributed by atoms with Crippen molar-refractivity contribution in [2.24, 2.45) is 4.99 Å². The first-order chi connectivity index (χ1) is 11.8. The van der Waals surface area contributed by atoms with Crippen LogP contribution in [0.1, 0.15) is 20.3 Å². The van der Waals surface area contributed by atoms with Gasteiger partial charge in [0.05, 0.1) is 11.3 Å². The molecule has 0 saturated carbocycles. The zero-order valence-electron chi connectivity index (χ0n) is 13.6. The van der Waals surface area contributed by atoms with Gasteiger partial charge in [-0.25, -0.2) is 5.01 Å². The lowest BCUT2D eigenvalue weighted by Gasteiger charge is -2.32. The Bertz CT molecular complexity index is 810. The van der Waals surface area contributed by atoms with E-state index in [0.29, 0.717) is 11.5 Å². The van der Waals surface area contributed by atoms with Crippen LogP contribution in [0.3, 0.4) is 0 Å². The molecule has 0 aromatic heterocycles. The average molecular weight is 344 g/mol. The highest BCUT2D eigenvalue weighted by atomic mass is 16.6. The van der Waals surface area contributed by atoms with E-state index < -0.39 is 16.9 Å². The van der Waals surface area contributed by atoms with E-state index in [4.69, 9.17) is 0 Å². The lowest BCUT2D eigenvalue weighted by atomic mass is 10.1. The summed E-state index contributed by atoms with van der Waals surface area (Å²) in [7, 11) is 0. The van der Waals surface area contributed by atoms with Crippen LogP contribution < -0.4 is 16.1 Å². The van der Waals surface area contributed by atoms with Crippen LogP contribution in [0, 0.1) is 10.1 Å². The van der Waals surface area contributed by atoms with Crippen molar-refractivity contribution in [1.82, 2.24) is 15.8 Å². The number of benzene rings is 1. The number of nitro groups is 1. The minimum Gasteiger partial charge on any atom is -0.324 e. The molecule has 2 aliphatic rings. The molecule has 3 N–H and O–H groups in total. The number of guanidine groups is 1. The van der Waals surface area contributed by atoms with E-state index in [1.165, 1.54) is 29.3 Å². The Hall–Kier alpha value is -3.43. The summed E-state index contributed by atoms with van der Waals surface area (Å²) in [5.74, 6) is 0.121. The van der Waals surface area contributed by atoms with Crippen molar-refractivity contribution in [2.45, 2.75) is 26.3 Å². The average Bonchev–Trinajstić information content (AvgIpc) is 2.98. The molecular weight excluding hydrogens is 328 g/mol. The molecule has 130 valence electrons. The molecule has 0 aliphatic carbocycles. The van der Waals surface area contributed by atoms with E-state index in [2.05, 4.69) is 21.1 Å². The number of carbonyl (C=O) groups excluding carboxylic acids is 2. The maximum absolute atomic E-state index is 12.6. The van der Waals surface area contributed by atoms with E-state index >= 15 is 0 Å². The standard InChI is InChI=1S/C15H16N6O4/c1-8(2)13-18-15-17-12(22)7-11(20(15)19-13)14(23)16-9-3-5-10(6-4-9)21(24)25/h3-6,11,19H,7H2,1-2H3,(H,16,23)(H,17,18,22)/t11-/m0/s1. The molecule has 1 atom stereocenters. The maximum atomic E-state index is 12.6. The second kappa shape index (κ2) is 6.23. The summed E-state index contributed by atoms with van der Waals surface area (Å²) >= 11 is 0. The van der Waals surface area contributed by atoms with Crippen LogP contribution in [0.15, 0.2) is 40.7 Å². The van der Waals surface area contributed by atoms with Crippen molar-refractivity contribution >= 4 is 29.1 Å². The van der Waals surface area contributed by atoms with E-state index in [9.17, 15) is 19.7 Å². The number of amides is 2. The summed E-state index contributed by atoms with van der Waals surface area (Å²) in [5.41, 5.74) is 4.24. The van der Waals surface area contributed by atoms with Gasteiger partial charge in [-0.3, -0.25) is 30.4 Å². The molecule has 2 heterocycles. The Morgan fingerprint density at radius 2 is 2.04 bits per heavy atom. The molecule has 0 spiro atoms. The molecule has 2 amide bonds. The number of aliphatic imine (C=N–C) groups is 1. The molecule has 2 aliphatic heterocycles. The SMILES string of the molecule is CC(C)=C1N=C2NC(=O)C[C@@H](C(=O)Nc3ccc([N+](=O)[O-])cc3)N2N1. The highest BCUT2D eigenvalue weighted by Crippen LogP contribution is 2.20. The minimum absolute atomic E-state index is 0.0408.